The van der Waals surface area contributed by atoms with E-state index in [1.54, 1.807) is 11.9 Å². The first-order chi connectivity index (χ1) is 7.11. The lowest BCUT2D eigenvalue weighted by atomic mass is 10.3. The Kier molecular flexibility index (Phi) is 8.33. The molecule has 1 amide bonds. The number of ether oxygens (including phenoxy) is 1. The van der Waals surface area contributed by atoms with Gasteiger partial charge in [-0.1, -0.05) is 20.3 Å². The number of unbranched alkanes of at least 4 members (excludes halogenated alkanes) is 1. The largest absolute Gasteiger partial charge is 0.370 e. The molecular formula is C11H24N2O2. The van der Waals surface area contributed by atoms with Crippen LogP contribution in [0.4, 0.5) is 0 Å². The van der Waals surface area contributed by atoms with Crippen LogP contribution in [0.5, 0.6) is 0 Å². The van der Waals surface area contributed by atoms with Crippen LogP contribution in [0.1, 0.15) is 33.1 Å². The normalized spacial score (nSPS) is 12.5. The number of nitrogens with zero attached hydrogens (tertiary/aromatic N) is 1. The Labute approximate surface area is 92.8 Å². The predicted molar refractivity (Wildman–Crippen MR) is 61.6 cm³/mol. The molecule has 0 rings (SSSR count). The Morgan fingerprint density at radius 1 is 1.47 bits per heavy atom. The molecule has 0 aromatic heterocycles. The highest BCUT2D eigenvalue weighted by Crippen LogP contribution is 1.94. The maximum Gasteiger partial charge on any atom is 0.248 e. The van der Waals surface area contributed by atoms with E-state index in [1.165, 1.54) is 0 Å². The van der Waals surface area contributed by atoms with Crippen molar-refractivity contribution in [2.24, 2.45) is 5.73 Å². The molecule has 0 radical (unpaired) electrons. The summed E-state index contributed by atoms with van der Waals surface area (Å²) >= 11 is 0. The van der Waals surface area contributed by atoms with Crippen molar-refractivity contribution < 1.29 is 9.53 Å². The first-order valence-electron chi connectivity index (χ1n) is 5.69. The molecule has 15 heavy (non-hydrogen) atoms. The van der Waals surface area contributed by atoms with E-state index in [0.717, 1.165) is 25.8 Å². The van der Waals surface area contributed by atoms with E-state index in [2.05, 4.69) is 6.92 Å². The number of hydrogen-bond acceptors (Lipinski definition) is 3. The van der Waals surface area contributed by atoms with Gasteiger partial charge >= 0.3 is 0 Å². The molecule has 0 bridgehead atoms. The summed E-state index contributed by atoms with van der Waals surface area (Å²) in [5, 5.41) is 0. The van der Waals surface area contributed by atoms with Crippen molar-refractivity contribution in [3.63, 3.8) is 0 Å². The molecule has 4 nitrogen and oxygen atoms in total. The topological polar surface area (TPSA) is 55.6 Å². The second kappa shape index (κ2) is 8.68. The van der Waals surface area contributed by atoms with Crippen LogP contribution >= 0.6 is 0 Å². The number of rotatable bonds is 8. The van der Waals surface area contributed by atoms with Crippen LogP contribution in [0.2, 0.25) is 0 Å². The van der Waals surface area contributed by atoms with Crippen molar-refractivity contribution in [1.29, 1.82) is 0 Å². The van der Waals surface area contributed by atoms with Gasteiger partial charge in [-0.05, 0) is 12.8 Å². The third kappa shape index (κ3) is 7.33. The van der Waals surface area contributed by atoms with Crippen LogP contribution in [0.25, 0.3) is 0 Å². The fourth-order valence-corrected chi connectivity index (χ4v) is 1.05. The van der Waals surface area contributed by atoms with Crippen molar-refractivity contribution in [3.8, 4) is 0 Å². The zero-order chi connectivity index (χ0) is 11.7. The number of nitrogens with two attached hydrogens (primary N) is 1. The molecule has 0 saturated heterocycles. The third-order valence-corrected chi connectivity index (χ3v) is 2.35. The molecule has 0 aliphatic heterocycles. The average molecular weight is 216 g/mol. The standard InChI is InChI=1S/C11H24N2O2/c1-4-6-7-13(3)11(14)9-15-8-10(12)5-2/h10H,4-9,12H2,1-3H3. The Morgan fingerprint density at radius 2 is 2.13 bits per heavy atom. The Bertz CT molecular complexity index is 174. The average Bonchev–Trinajstić information content (AvgIpc) is 2.25. The summed E-state index contributed by atoms with van der Waals surface area (Å²) in [6.45, 7) is 5.52. The number of amides is 1. The monoisotopic (exact) mass is 216 g/mol. The number of carbonyl (C=O) groups excluding carboxylic acids is 1. The van der Waals surface area contributed by atoms with Gasteiger partial charge in [-0.3, -0.25) is 4.79 Å². The quantitative estimate of drug-likeness (QED) is 0.658. The lowest BCUT2D eigenvalue weighted by molar-refractivity contribution is -0.135. The Morgan fingerprint density at radius 3 is 2.67 bits per heavy atom. The zero-order valence-electron chi connectivity index (χ0n) is 10.2. The van der Waals surface area contributed by atoms with E-state index < -0.39 is 0 Å². The van der Waals surface area contributed by atoms with Crippen molar-refractivity contribution in [2.75, 3.05) is 26.8 Å². The molecule has 2 N–H and O–H groups in total. The molecule has 1 unspecified atom stereocenters. The van der Waals surface area contributed by atoms with Gasteiger partial charge in [0.25, 0.3) is 0 Å². The van der Waals surface area contributed by atoms with Gasteiger partial charge < -0.3 is 15.4 Å². The van der Waals surface area contributed by atoms with Gasteiger partial charge in [0.15, 0.2) is 0 Å². The van der Waals surface area contributed by atoms with Crippen molar-refractivity contribution >= 4 is 5.91 Å². The lowest BCUT2D eigenvalue weighted by Gasteiger charge is -2.17. The minimum absolute atomic E-state index is 0.0340. The fraction of sp³-hybridized carbons (Fsp3) is 0.909. The summed E-state index contributed by atoms with van der Waals surface area (Å²) < 4.78 is 5.23. The molecule has 0 fully saturated rings. The van der Waals surface area contributed by atoms with Crippen molar-refractivity contribution in [1.82, 2.24) is 4.90 Å². The first kappa shape index (κ1) is 14.4. The smallest absolute Gasteiger partial charge is 0.248 e. The first-order valence-corrected chi connectivity index (χ1v) is 5.69. The van der Waals surface area contributed by atoms with E-state index in [-0.39, 0.29) is 18.6 Å². The molecule has 4 heteroatoms. The van der Waals surface area contributed by atoms with Gasteiger partial charge in [-0.15, -0.1) is 0 Å². The number of hydrogen-bond donors (Lipinski definition) is 1. The molecule has 0 aromatic carbocycles. The zero-order valence-corrected chi connectivity index (χ0v) is 10.2. The molecule has 0 saturated carbocycles. The third-order valence-electron chi connectivity index (χ3n) is 2.35. The molecule has 0 heterocycles. The summed E-state index contributed by atoms with van der Waals surface area (Å²) in [6, 6.07) is 0.0405. The number of carbonyl (C=O) groups is 1. The van der Waals surface area contributed by atoms with Crippen LogP contribution in [0.3, 0.4) is 0 Å². The van der Waals surface area contributed by atoms with Gasteiger partial charge in [-0.2, -0.15) is 0 Å². The van der Waals surface area contributed by atoms with E-state index in [0.29, 0.717) is 6.61 Å². The second-order valence-corrected chi connectivity index (χ2v) is 3.85. The van der Waals surface area contributed by atoms with Crippen LogP contribution in [0.15, 0.2) is 0 Å². The van der Waals surface area contributed by atoms with Crippen molar-refractivity contribution in [3.05, 3.63) is 0 Å². The lowest BCUT2D eigenvalue weighted by Crippen LogP contribution is -2.33. The van der Waals surface area contributed by atoms with E-state index in [4.69, 9.17) is 10.5 Å². The Balaban J connectivity index is 3.55. The molecule has 0 aliphatic rings. The SMILES string of the molecule is CCCCN(C)C(=O)COCC(N)CC. The molecule has 0 aliphatic carbocycles. The molecular weight excluding hydrogens is 192 g/mol. The maximum absolute atomic E-state index is 11.5. The highest BCUT2D eigenvalue weighted by Gasteiger charge is 2.08. The number of likely N-dealkylation sites (N-methyl/N-ethyl adjacent to an activating group) is 1. The molecule has 90 valence electrons. The Hall–Kier alpha value is -0.610. The minimum atomic E-state index is 0.0340. The molecule has 0 aromatic rings. The van der Waals surface area contributed by atoms with Gasteiger partial charge in [0, 0.05) is 19.6 Å². The summed E-state index contributed by atoms with van der Waals surface area (Å²) in [4.78, 5) is 13.2. The van der Waals surface area contributed by atoms with Gasteiger partial charge in [0.2, 0.25) is 5.91 Å². The maximum atomic E-state index is 11.5. The summed E-state index contributed by atoms with van der Waals surface area (Å²) in [5.41, 5.74) is 5.67. The van der Waals surface area contributed by atoms with Crippen LogP contribution < -0.4 is 5.73 Å². The van der Waals surface area contributed by atoms with Crippen LogP contribution in [0, 0.1) is 0 Å². The highest BCUT2D eigenvalue weighted by molar-refractivity contribution is 5.77. The van der Waals surface area contributed by atoms with E-state index in [9.17, 15) is 4.79 Å². The van der Waals surface area contributed by atoms with Gasteiger partial charge in [-0.25, -0.2) is 0 Å². The van der Waals surface area contributed by atoms with Gasteiger partial charge in [0.05, 0.1) is 6.61 Å². The summed E-state index contributed by atoms with van der Waals surface area (Å²) in [7, 11) is 1.81. The van der Waals surface area contributed by atoms with Crippen LogP contribution in [-0.2, 0) is 9.53 Å². The highest BCUT2D eigenvalue weighted by atomic mass is 16.5. The summed E-state index contributed by atoms with van der Waals surface area (Å²) in [5.74, 6) is 0.0340. The van der Waals surface area contributed by atoms with Gasteiger partial charge in [0.1, 0.15) is 6.61 Å². The minimum Gasteiger partial charge on any atom is -0.370 e. The fourth-order valence-electron chi connectivity index (χ4n) is 1.05. The van der Waals surface area contributed by atoms with Crippen LogP contribution in [-0.4, -0.2) is 43.7 Å². The second-order valence-electron chi connectivity index (χ2n) is 3.85. The molecule has 0 spiro atoms. The van der Waals surface area contributed by atoms with E-state index in [1.807, 2.05) is 6.92 Å². The predicted octanol–water partition coefficient (Wildman–Crippen LogP) is 0.999. The summed E-state index contributed by atoms with van der Waals surface area (Å²) in [6.07, 6.45) is 3.01. The molecule has 1 atom stereocenters. The van der Waals surface area contributed by atoms with Crippen molar-refractivity contribution in [2.45, 2.75) is 39.2 Å². The van der Waals surface area contributed by atoms with E-state index >= 15 is 0 Å².